The Morgan fingerprint density at radius 3 is 2.10 bits per heavy atom. The van der Waals surface area contributed by atoms with E-state index in [-0.39, 0.29) is 49.3 Å². The standard InChI is InChI=1S/C49H60ClN13O8/c1-61-20-22-62(23-21-61)49(70)71-41-26-40-42(35-7-3-2-6-34(35)41)31(27-50)28-63(40)46(67)39-25-30-24-33(14-15-36(30)59-39)58-43(64)29-10-12-32(13-11-29)57-45(66)38(9-5-18-56-48(53)69)60-44(65)37(54-19-16-51)8-4-17-55-47(52)68/h2-3,6-7,10-15,24-26,31,37-38,54,59H,4-5,8-9,16-23,27-28,51H2,1H3,(H,57,66)(H,58,64)(H,60,65)(H3,52,55,68)(H3,53,56,69)/t31-,37+,38+/m1/s1. The van der Waals surface area contributed by atoms with Gasteiger partial charge in [-0.25, -0.2) is 14.4 Å². The zero-order valence-electron chi connectivity index (χ0n) is 39.4. The van der Waals surface area contributed by atoms with Gasteiger partial charge in [-0.3, -0.25) is 19.2 Å². The van der Waals surface area contributed by atoms with Crippen molar-refractivity contribution in [3.05, 3.63) is 95.7 Å². The number of hydrogen-bond donors (Lipinski definition) is 10. The topological polar surface area (TPSA) is 304 Å². The molecule has 3 atom stereocenters. The number of aromatic nitrogens is 1. The van der Waals surface area contributed by atoms with Gasteiger partial charge >= 0.3 is 18.2 Å². The molecule has 13 N–H and O–H groups in total. The number of urea groups is 2. The van der Waals surface area contributed by atoms with Crippen LogP contribution in [-0.2, 0) is 9.59 Å². The Kier molecular flexibility index (Phi) is 17.3. The number of halogens is 1. The fourth-order valence-corrected chi connectivity index (χ4v) is 8.98. The average molecular weight is 995 g/mol. The summed E-state index contributed by atoms with van der Waals surface area (Å²) in [7, 11) is 2.01. The van der Waals surface area contributed by atoms with Crippen LogP contribution in [0, 0.1) is 0 Å². The number of alkyl halides is 1. The van der Waals surface area contributed by atoms with Gasteiger partial charge in [0.1, 0.15) is 17.5 Å². The number of piperazine rings is 1. The van der Waals surface area contributed by atoms with Crippen LogP contribution in [0.1, 0.15) is 58.0 Å². The summed E-state index contributed by atoms with van der Waals surface area (Å²) in [6.07, 6.45) is 0.759. The first-order chi connectivity index (χ1) is 34.2. The average Bonchev–Trinajstić information content (AvgIpc) is 3.96. The third-order valence-corrected chi connectivity index (χ3v) is 12.8. The van der Waals surface area contributed by atoms with Crippen LogP contribution in [0.15, 0.2) is 78.9 Å². The number of likely N-dealkylation sites (N-methyl/N-ethyl adjacent to an activating group) is 1. The van der Waals surface area contributed by atoms with Crippen molar-refractivity contribution in [2.75, 3.05) is 87.4 Å². The van der Waals surface area contributed by atoms with Gasteiger partial charge in [-0.15, -0.1) is 11.6 Å². The monoisotopic (exact) mass is 993 g/mol. The van der Waals surface area contributed by atoms with E-state index in [1.54, 1.807) is 52.3 Å². The number of ether oxygens (including phenoxy) is 1. The molecule has 2 aliphatic rings. The number of primary amides is 2. The Labute approximate surface area is 414 Å². The Hall–Kier alpha value is -7.46. The molecule has 0 unspecified atom stereocenters. The number of hydrogen-bond acceptors (Lipinski definition) is 11. The molecule has 3 heterocycles. The first-order valence-electron chi connectivity index (χ1n) is 23.5. The van der Waals surface area contributed by atoms with Crippen molar-refractivity contribution >= 4 is 92.1 Å². The van der Waals surface area contributed by atoms with E-state index in [9.17, 15) is 33.6 Å². The second kappa shape index (κ2) is 23.9. The summed E-state index contributed by atoms with van der Waals surface area (Å²) in [6, 6.07) is 19.4. The van der Waals surface area contributed by atoms with Crippen LogP contribution in [0.25, 0.3) is 21.7 Å². The highest BCUT2D eigenvalue weighted by Gasteiger charge is 2.36. The molecule has 2 aliphatic heterocycles. The molecule has 1 saturated heterocycles. The summed E-state index contributed by atoms with van der Waals surface area (Å²) >= 11 is 6.55. The molecule has 71 heavy (non-hydrogen) atoms. The van der Waals surface area contributed by atoms with Crippen LogP contribution in [0.4, 0.5) is 31.4 Å². The fourth-order valence-electron chi connectivity index (χ4n) is 8.73. The van der Waals surface area contributed by atoms with Crippen molar-refractivity contribution < 1.29 is 38.3 Å². The van der Waals surface area contributed by atoms with Gasteiger partial charge in [0.2, 0.25) is 11.8 Å². The number of carbonyl (C=O) groups excluding carboxylic acids is 7. The number of carbonyl (C=O) groups is 7. The predicted molar refractivity (Wildman–Crippen MR) is 272 cm³/mol. The van der Waals surface area contributed by atoms with E-state index >= 15 is 0 Å². The minimum absolute atomic E-state index is 0.154. The number of aromatic amines is 1. The summed E-state index contributed by atoms with van der Waals surface area (Å²) in [4.78, 5) is 99.3. The largest absolute Gasteiger partial charge is 0.415 e. The van der Waals surface area contributed by atoms with Crippen LogP contribution in [0.5, 0.6) is 5.75 Å². The zero-order valence-corrected chi connectivity index (χ0v) is 40.1. The minimum Gasteiger partial charge on any atom is -0.409 e. The number of benzene rings is 4. The number of rotatable bonds is 20. The molecule has 0 saturated carbocycles. The van der Waals surface area contributed by atoms with Gasteiger partial charge in [-0.1, -0.05) is 24.3 Å². The zero-order chi connectivity index (χ0) is 50.6. The third-order valence-electron chi connectivity index (χ3n) is 12.5. The quantitative estimate of drug-likeness (QED) is 0.0397. The second-order valence-corrected chi connectivity index (χ2v) is 17.8. The highest BCUT2D eigenvalue weighted by atomic mass is 35.5. The maximum atomic E-state index is 14.4. The van der Waals surface area contributed by atoms with Crippen molar-refractivity contribution in [1.82, 2.24) is 36.1 Å². The fraction of sp³-hybridized carbons (Fsp3) is 0.367. The van der Waals surface area contributed by atoms with E-state index < -0.39 is 48.0 Å². The first-order valence-corrected chi connectivity index (χ1v) is 24.0. The minimum atomic E-state index is -1.02. The van der Waals surface area contributed by atoms with Gasteiger partial charge in [0.15, 0.2) is 0 Å². The van der Waals surface area contributed by atoms with E-state index in [1.165, 1.54) is 12.1 Å². The van der Waals surface area contributed by atoms with Gasteiger partial charge in [-0.2, -0.15) is 0 Å². The van der Waals surface area contributed by atoms with Crippen molar-refractivity contribution in [3.63, 3.8) is 0 Å². The van der Waals surface area contributed by atoms with Crippen molar-refractivity contribution in [1.29, 1.82) is 0 Å². The number of anilines is 3. The maximum absolute atomic E-state index is 14.4. The Balaban J connectivity index is 1.01. The summed E-state index contributed by atoms with van der Waals surface area (Å²) in [6.45, 7) is 3.90. The van der Waals surface area contributed by atoms with Crippen LogP contribution >= 0.6 is 11.6 Å². The number of nitrogens with zero attached hydrogens (tertiary/aromatic N) is 3. The molecule has 7 rings (SSSR count). The van der Waals surface area contributed by atoms with E-state index in [0.29, 0.717) is 84.9 Å². The smallest absolute Gasteiger partial charge is 0.409 e. The summed E-state index contributed by atoms with van der Waals surface area (Å²) < 4.78 is 6.05. The molecular weight excluding hydrogens is 934 g/mol. The van der Waals surface area contributed by atoms with Crippen molar-refractivity contribution in [3.8, 4) is 5.75 Å². The van der Waals surface area contributed by atoms with Crippen LogP contribution < -0.4 is 58.7 Å². The molecule has 0 radical (unpaired) electrons. The first kappa shape index (κ1) is 51.4. The Morgan fingerprint density at radius 1 is 0.775 bits per heavy atom. The van der Waals surface area contributed by atoms with Crippen LogP contribution in [0.2, 0.25) is 0 Å². The molecule has 0 spiro atoms. The lowest BCUT2D eigenvalue weighted by Crippen LogP contribution is -2.52. The van der Waals surface area contributed by atoms with Crippen molar-refractivity contribution in [2.45, 2.75) is 43.7 Å². The lowest BCUT2D eigenvalue weighted by molar-refractivity contribution is -0.128. The Morgan fingerprint density at radius 2 is 1.44 bits per heavy atom. The molecule has 21 nitrogen and oxygen atoms in total. The summed E-state index contributed by atoms with van der Waals surface area (Å²) in [5, 5.41) is 18.8. The molecule has 22 heteroatoms. The number of nitrogens with one attached hydrogen (secondary N) is 7. The highest BCUT2D eigenvalue weighted by molar-refractivity contribution is 6.19. The molecule has 0 bridgehead atoms. The molecule has 376 valence electrons. The second-order valence-electron chi connectivity index (χ2n) is 17.5. The van der Waals surface area contributed by atoms with Crippen LogP contribution in [0.3, 0.4) is 0 Å². The Bertz CT molecular complexity index is 2760. The molecular formula is C49H60ClN13O8. The van der Waals surface area contributed by atoms with Gasteiger partial charge in [0.25, 0.3) is 11.8 Å². The van der Waals surface area contributed by atoms with E-state index in [2.05, 4.69) is 41.8 Å². The summed E-state index contributed by atoms with van der Waals surface area (Å²) in [5.74, 6) is -1.28. The predicted octanol–water partition coefficient (Wildman–Crippen LogP) is 3.54. The number of nitrogens with two attached hydrogens (primary N) is 3. The normalized spacial score (nSPS) is 15.4. The van der Waals surface area contributed by atoms with Crippen LogP contribution in [-0.4, -0.2) is 140 Å². The van der Waals surface area contributed by atoms with Gasteiger partial charge in [-0.05, 0) is 92.2 Å². The van der Waals surface area contributed by atoms with Crippen molar-refractivity contribution in [2.24, 2.45) is 17.2 Å². The van der Waals surface area contributed by atoms with Gasteiger partial charge < -0.3 is 73.5 Å². The van der Waals surface area contributed by atoms with E-state index in [0.717, 1.165) is 29.4 Å². The molecule has 5 aromatic rings. The SMILES string of the molecule is CN1CCN(C(=O)Oc2cc3c(c4ccccc24)[C@H](CCl)CN3C(=O)c2cc3cc(NC(=O)c4ccc(NC(=O)[C@H](CCCNC(N)=O)NC(=O)[C@H](CCCNC(N)=O)NCCN)cc4)ccc3[nH]2)CC1. The third kappa shape index (κ3) is 13.0. The number of fused-ring (bicyclic) bond motifs is 4. The molecule has 4 aromatic carbocycles. The summed E-state index contributed by atoms with van der Waals surface area (Å²) in [5.41, 5.74) is 19.6. The highest BCUT2D eigenvalue weighted by Crippen LogP contribution is 2.46. The van der Waals surface area contributed by atoms with E-state index in [1.807, 2.05) is 31.3 Å². The molecule has 1 fully saturated rings. The lowest BCUT2D eigenvalue weighted by atomic mass is 9.95. The lowest BCUT2D eigenvalue weighted by Gasteiger charge is -2.31. The molecule has 9 amide bonds. The number of H-pyrrole nitrogens is 1. The van der Waals surface area contributed by atoms with E-state index in [4.69, 9.17) is 33.5 Å². The maximum Gasteiger partial charge on any atom is 0.415 e. The molecule has 0 aliphatic carbocycles. The number of amides is 9. The van der Waals surface area contributed by atoms with Gasteiger partial charge in [0, 0.05) is 110 Å². The molecule has 1 aromatic heterocycles. The van der Waals surface area contributed by atoms with Gasteiger partial charge in [0.05, 0.1) is 11.7 Å².